The van der Waals surface area contributed by atoms with E-state index in [1.165, 1.54) is 161 Å². The number of allylic oxidation sites excluding steroid dienone is 16. The Morgan fingerprint density at radius 2 is 0.704 bits per heavy atom. The summed E-state index contributed by atoms with van der Waals surface area (Å²) in [5.74, 6) is -2.01. The summed E-state index contributed by atoms with van der Waals surface area (Å²) >= 11 is 0. The van der Waals surface area contributed by atoms with Crippen LogP contribution in [-0.4, -0.2) is 87.4 Å². The highest BCUT2D eigenvalue weighted by atomic mass is 16.7. The second-order valence-corrected chi connectivity index (χ2v) is 23.4. The van der Waals surface area contributed by atoms with Gasteiger partial charge in [-0.1, -0.05) is 272 Å². The summed E-state index contributed by atoms with van der Waals surface area (Å²) in [5.41, 5.74) is 0. The van der Waals surface area contributed by atoms with E-state index in [0.29, 0.717) is 11.0 Å². The van der Waals surface area contributed by atoms with Crippen molar-refractivity contribution in [1.82, 2.24) is 0 Å². The molecular weight excluding hydrogens is 1010 g/mol. The minimum Gasteiger partial charge on any atom is -0.477 e. The molecule has 0 radical (unpaired) electrons. The second-order valence-electron chi connectivity index (χ2n) is 23.4. The highest BCUT2D eigenvalue weighted by Gasteiger charge is 2.25. The topological polar surface area (TPSA) is 108 Å². The fourth-order valence-corrected chi connectivity index (χ4v) is 9.23. The third-order valence-corrected chi connectivity index (χ3v) is 14.3. The SMILES string of the molecule is CC/C=C\C/C=C\C/C=C\C/C=C\C/C=C\CCCCCCCCCCCCCCCCCCCCCCCC(=O)OC(COC(=O)CCCCCCCC/C=C\C/C=C\C/C=C\CCCCC)COC(OCC[N+](C)(C)C)C(=O)O. The Morgan fingerprint density at radius 1 is 0.383 bits per heavy atom. The largest absolute Gasteiger partial charge is 0.477 e. The minimum absolute atomic E-state index is 0.183. The predicted octanol–water partition coefficient (Wildman–Crippen LogP) is 20.5. The van der Waals surface area contributed by atoms with Crippen molar-refractivity contribution in [3.8, 4) is 0 Å². The zero-order valence-electron chi connectivity index (χ0n) is 53.2. The van der Waals surface area contributed by atoms with Gasteiger partial charge in [0.05, 0.1) is 34.4 Å². The molecule has 2 unspecified atom stereocenters. The van der Waals surface area contributed by atoms with Gasteiger partial charge in [0.25, 0.3) is 6.29 Å². The Bertz CT molecular complexity index is 1650. The fourth-order valence-electron chi connectivity index (χ4n) is 9.23. The fraction of sp³-hybridized carbons (Fsp3) is 0.736. The molecule has 2 atom stereocenters. The van der Waals surface area contributed by atoms with E-state index >= 15 is 0 Å². The second kappa shape index (κ2) is 62.3. The van der Waals surface area contributed by atoms with Crippen LogP contribution >= 0.6 is 0 Å². The molecule has 0 aliphatic carbocycles. The molecule has 0 spiro atoms. The molecule has 0 saturated carbocycles. The van der Waals surface area contributed by atoms with Crippen molar-refractivity contribution >= 4 is 17.9 Å². The molecule has 9 heteroatoms. The van der Waals surface area contributed by atoms with Gasteiger partial charge in [0.1, 0.15) is 13.2 Å². The molecule has 0 aliphatic rings. The number of carboxylic acids is 1. The molecule has 0 aromatic rings. The summed E-state index contributed by atoms with van der Waals surface area (Å²) in [5, 5.41) is 9.73. The van der Waals surface area contributed by atoms with Gasteiger partial charge >= 0.3 is 17.9 Å². The number of nitrogens with zero attached hydrogens (tertiary/aromatic N) is 1. The molecule has 0 bridgehead atoms. The number of carbonyl (C=O) groups excluding carboxylic acids is 2. The van der Waals surface area contributed by atoms with Crippen LogP contribution < -0.4 is 0 Å². The molecule has 0 saturated heterocycles. The van der Waals surface area contributed by atoms with Crippen LogP contribution in [0.25, 0.3) is 0 Å². The van der Waals surface area contributed by atoms with Gasteiger partial charge in [-0.2, -0.15) is 0 Å². The molecule has 0 aliphatic heterocycles. The van der Waals surface area contributed by atoms with Gasteiger partial charge in [-0.15, -0.1) is 0 Å². The quantitative estimate of drug-likeness (QED) is 0.0211. The molecule has 1 N–H and O–H groups in total. The first-order valence-corrected chi connectivity index (χ1v) is 33.4. The van der Waals surface area contributed by atoms with Crippen LogP contribution in [0.4, 0.5) is 0 Å². The van der Waals surface area contributed by atoms with Crippen molar-refractivity contribution in [1.29, 1.82) is 0 Å². The van der Waals surface area contributed by atoms with Gasteiger partial charge in [-0.3, -0.25) is 9.59 Å². The highest BCUT2D eigenvalue weighted by Crippen LogP contribution is 2.17. The van der Waals surface area contributed by atoms with Crippen LogP contribution in [0, 0.1) is 0 Å². The molecular formula is C72H126NO8+. The van der Waals surface area contributed by atoms with Gasteiger partial charge in [-0.25, -0.2) is 4.79 Å². The zero-order chi connectivity index (χ0) is 59.1. The number of likely N-dealkylation sites (N-methyl/N-ethyl adjacent to an activating group) is 1. The van der Waals surface area contributed by atoms with Gasteiger partial charge in [0, 0.05) is 12.8 Å². The van der Waals surface area contributed by atoms with Crippen LogP contribution in [-0.2, 0) is 33.3 Å². The molecule has 0 aromatic heterocycles. The first kappa shape index (κ1) is 77.2. The smallest absolute Gasteiger partial charge is 0.361 e. The van der Waals surface area contributed by atoms with Crippen molar-refractivity contribution in [3.63, 3.8) is 0 Å². The summed E-state index contributed by atoms with van der Waals surface area (Å²) in [6, 6.07) is 0. The lowest BCUT2D eigenvalue weighted by atomic mass is 10.0. The predicted molar refractivity (Wildman–Crippen MR) is 345 cm³/mol. The lowest BCUT2D eigenvalue weighted by Crippen LogP contribution is -2.40. The number of rotatable bonds is 61. The van der Waals surface area contributed by atoms with E-state index in [2.05, 4.69) is 111 Å². The van der Waals surface area contributed by atoms with E-state index in [9.17, 15) is 19.5 Å². The molecule has 0 amide bonds. The van der Waals surface area contributed by atoms with Crippen molar-refractivity contribution in [3.05, 3.63) is 97.2 Å². The summed E-state index contributed by atoms with van der Waals surface area (Å²) in [6.45, 7) is 4.74. The lowest BCUT2D eigenvalue weighted by molar-refractivity contribution is -0.870. The Hall–Kier alpha value is -3.79. The van der Waals surface area contributed by atoms with E-state index in [1.807, 2.05) is 21.1 Å². The summed E-state index contributed by atoms with van der Waals surface area (Å²) in [4.78, 5) is 37.5. The third-order valence-electron chi connectivity index (χ3n) is 14.3. The maximum Gasteiger partial charge on any atom is 0.361 e. The lowest BCUT2D eigenvalue weighted by Gasteiger charge is -2.25. The molecule has 81 heavy (non-hydrogen) atoms. The van der Waals surface area contributed by atoms with Crippen molar-refractivity contribution in [2.45, 2.75) is 296 Å². The van der Waals surface area contributed by atoms with Gasteiger partial charge in [0.15, 0.2) is 6.10 Å². The maximum absolute atomic E-state index is 12.9. The average Bonchev–Trinajstić information content (AvgIpc) is 3.44. The number of aliphatic carboxylic acids is 1. The molecule has 0 rings (SSSR count). The minimum atomic E-state index is -1.52. The van der Waals surface area contributed by atoms with Gasteiger partial charge < -0.3 is 28.5 Å². The molecule has 0 heterocycles. The molecule has 0 fully saturated rings. The first-order valence-electron chi connectivity index (χ1n) is 33.4. The number of hydrogen-bond donors (Lipinski definition) is 1. The summed E-state index contributed by atoms with van der Waals surface area (Å²) in [7, 11) is 5.97. The van der Waals surface area contributed by atoms with Crippen LogP contribution in [0.3, 0.4) is 0 Å². The Balaban J connectivity index is 4.07. The van der Waals surface area contributed by atoms with Crippen molar-refractivity contribution in [2.75, 3.05) is 47.5 Å². The molecule has 9 nitrogen and oxygen atoms in total. The van der Waals surface area contributed by atoms with E-state index in [-0.39, 0.29) is 38.6 Å². The van der Waals surface area contributed by atoms with Crippen molar-refractivity contribution < 1.29 is 42.9 Å². The zero-order valence-corrected chi connectivity index (χ0v) is 53.2. The van der Waals surface area contributed by atoms with E-state index in [4.69, 9.17) is 18.9 Å². The summed E-state index contributed by atoms with van der Waals surface area (Å²) in [6.07, 6.45) is 82.3. The number of quaternary nitrogens is 1. The van der Waals surface area contributed by atoms with Crippen molar-refractivity contribution in [2.24, 2.45) is 0 Å². The first-order chi connectivity index (χ1) is 39.6. The third kappa shape index (κ3) is 63.6. The van der Waals surface area contributed by atoms with Crippen LogP contribution in [0.15, 0.2) is 97.2 Å². The Kier molecular flexibility index (Phi) is 59.3. The maximum atomic E-state index is 12.9. The molecule has 466 valence electrons. The standard InChI is InChI=1S/C72H125NO8/c1-6-8-10-12-14-16-18-20-22-24-26-27-28-29-30-31-32-33-34-35-36-37-38-39-40-41-42-43-45-47-49-51-53-55-57-59-61-63-70(75)81-68(67-80-72(71(76)77)78-65-64-73(3,4)5)66-79-69(74)62-60-58-56-54-52-50-48-46-44-25-23-21-19-17-15-13-11-9-7-2/h8,10,14-17,20-23,26-27,29-30,44,46,68,72H,6-7,9,11-13,18-19,24-25,28,31-43,45,47-67H2,1-5H3/p+1/b10-8-,16-14-,17-15-,22-20-,23-21-,27-26-,30-29-,46-44-. The monoisotopic (exact) mass is 1130 g/mol. The number of carbonyl (C=O) groups is 3. The van der Waals surface area contributed by atoms with Crippen LogP contribution in [0.1, 0.15) is 284 Å². The number of ether oxygens (including phenoxy) is 4. The van der Waals surface area contributed by atoms with E-state index in [0.717, 1.165) is 96.3 Å². The Morgan fingerprint density at radius 3 is 1.05 bits per heavy atom. The van der Waals surface area contributed by atoms with E-state index in [1.54, 1.807) is 0 Å². The average molecular weight is 1130 g/mol. The van der Waals surface area contributed by atoms with Crippen LogP contribution in [0.2, 0.25) is 0 Å². The normalized spacial score (nSPS) is 13.3. The Labute approximate surface area is 499 Å². The molecule has 0 aromatic carbocycles. The number of esters is 2. The highest BCUT2D eigenvalue weighted by molar-refractivity contribution is 5.71. The van der Waals surface area contributed by atoms with Gasteiger partial charge in [-0.05, 0) is 96.3 Å². The van der Waals surface area contributed by atoms with Gasteiger partial charge in [0.2, 0.25) is 0 Å². The number of carboxylic acid groups (broad SMARTS) is 1. The van der Waals surface area contributed by atoms with Crippen LogP contribution in [0.5, 0.6) is 0 Å². The number of hydrogen-bond acceptors (Lipinski definition) is 7. The van der Waals surface area contributed by atoms with E-state index < -0.39 is 24.3 Å². The summed E-state index contributed by atoms with van der Waals surface area (Å²) < 4.78 is 22.9. The number of unbranched alkanes of at least 4 members (excludes halogenated alkanes) is 30.